The average molecular weight is 752 g/mol. The van der Waals surface area contributed by atoms with Crippen LogP contribution in [0.2, 0.25) is 0 Å². The van der Waals surface area contributed by atoms with Crippen LogP contribution in [0.25, 0.3) is 22.3 Å². The highest BCUT2D eigenvalue weighted by Crippen LogP contribution is 2.41. The molecule has 3 atom stereocenters. The first-order chi connectivity index (χ1) is 27.3. The molecule has 56 heavy (non-hydrogen) atoms. The fourth-order valence-electron chi connectivity index (χ4n) is 9.59. The normalized spacial score (nSPS) is 25.0. The van der Waals surface area contributed by atoms with Crippen LogP contribution >= 0.6 is 0 Å². The Kier molecular flexibility index (Phi) is 8.31. The van der Waals surface area contributed by atoms with Crippen molar-refractivity contribution < 1.29 is 23.9 Å². The van der Waals surface area contributed by atoms with E-state index in [4.69, 9.17) is 15.6 Å². The first-order valence-electron chi connectivity index (χ1n) is 19.5. The summed E-state index contributed by atoms with van der Waals surface area (Å²) in [5.41, 5.74) is 10.5. The van der Waals surface area contributed by atoms with Gasteiger partial charge >= 0.3 is 0 Å². The van der Waals surface area contributed by atoms with Crippen molar-refractivity contribution in [3.63, 3.8) is 0 Å². The molecule has 2 aromatic heterocycles. The number of imide groups is 2. The maximum Gasteiger partial charge on any atom is 0.262 e. The van der Waals surface area contributed by atoms with Gasteiger partial charge in [-0.3, -0.25) is 34.3 Å². The van der Waals surface area contributed by atoms with Gasteiger partial charge in [0.15, 0.2) is 5.65 Å². The van der Waals surface area contributed by atoms with E-state index in [1.54, 1.807) is 6.07 Å². The maximum atomic E-state index is 13.4. The quantitative estimate of drug-likeness (QED) is 0.206. The second-order valence-corrected chi connectivity index (χ2v) is 15.7. The largest absolute Gasteiger partial charge is 0.457 e. The number of nitrogens with one attached hydrogen (secondary N) is 1. The van der Waals surface area contributed by atoms with Crippen LogP contribution in [-0.2, 0) is 9.59 Å². The fourth-order valence-corrected chi connectivity index (χ4v) is 9.59. The minimum absolute atomic E-state index is 0.0970. The summed E-state index contributed by atoms with van der Waals surface area (Å²) in [6, 6.07) is 23.0. The molecule has 5 aliphatic rings. The van der Waals surface area contributed by atoms with Crippen LogP contribution in [0.15, 0.2) is 79.1 Å². The molecular formula is C42H41N9O5. The third-order valence-electron chi connectivity index (χ3n) is 12.4. The van der Waals surface area contributed by atoms with E-state index < -0.39 is 23.8 Å². The highest BCUT2D eigenvalue weighted by molar-refractivity contribution is 6.23. The van der Waals surface area contributed by atoms with E-state index in [1.165, 1.54) is 6.33 Å². The SMILES string of the molecule is Nc1ncnc2c1c(-c1ccc(Oc3ccccc3)cc1)nn2C1CCC(CN2C[C@H]3C[C@@H]2CN3c2ccc3c(c2)C(=O)N(C2CCC(=O)NC2=O)C3=O)CC1. The number of nitrogen functional groups attached to an aromatic ring is 1. The lowest BCUT2D eigenvalue weighted by atomic mass is 9.85. The number of para-hydroxylation sites is 1. The molecule has 1 aliphatic carbocycles. The standard InChI is InChI=1S/C42H41N9O5/c43-38-36-37(25-8-13-31(14-9-25)56-30-4-2-1-3-5-30)47-51(39(36)45-23-44-38)26-10-6-24(7-11-26)20-48-21-29-18-28(48)22-49(29)27-12-15-32-33(19-27)42(55)50(41(32)54)34-16-17-35(52)46-40(34)53/h1-5,8-9,12-15,19,23-24,26,28-29,34H,6-7,10-11,16-18,20-22H2,(H2,43,44,45)(H,46,52,53)/t24?,26?,28-,29-,34?/m1/s1. The third-order valence-corrected chi connectivity index (χ3v) is 12.4. The number of anilines is 2. The minimum Gasteiger partial charge on any atom is -0.457 e. The zero-order valence-electron chi connectivity index (χ0n) is 30.7. The van der Waals surface area contributed by atoms with Gasteiger partial charge in [-0.05, 0) is 99.0 Å². The second kappa shape index (κ2) is 13.6. The smallest absolute Gasteiger partial charge is 0.262 e. The van der Waals surface area contributed by atoms with Gasteiger partial charge in [-0.2, -0.15) is 5.10 Å². The summed E-state index contributed by atoms with van der Waals surface area (Å²) in [6.45, 7) is 2.87. The number of nitrogens with two attached hydrogens (primary N) is 1. The highest BCUT2D eigenvalue weighted by atomic mass is 16.5. The maximum absolute atomic E-state index is 13.4. The number of fused-ring (bicyclic) bond motifs is 4. The van der Waals surface area contributed by atoms with E-state index in [1.807, 2.05) is 66.7 Å². The molecule has 284 valence electrons. The lowest BCUT2D eigenvalue weighted by Gasteiger charge is -2.38. The topological polar surface area (TPSA) is 169 Å². The molecule has 4 amide bonds. The minimum atomic E-state index is -0.969. The lowest BCUT2D eigenvalue weighted by molar-refractivity contribution is -0.136. The number of rotatable bonds is 8. The molecular weight excluding hydrogens is 711 g/mol. The average Bonchev–Trinajstić information content (AvgIpc) is 3.98. The van der Waals surface area contributed by atoms with Crippen LogP contribution in [0.3, 0.4) is 0 Å². The molecule has 14 heteroatoms. The zero-order chi connectivity index (χ0) is 38.1. The monoisotopic (exact) mass is 751 g/mol. The van der Waals surface area contributed by atoms with Crippen LogP contribution in [0.1, 0.15) is 71.7 Å². The Hall–Kier alpha value is -6.15. The van der Waals surface area contributed by atoms with Crippen molar-refractivity contribution in [1.82, 2.24) is 34.9 Å². The summed E-state index contributed by atoms with van der Waals surface area (Å²) in [4.78, 5) is 65.8. The number of piperidine rings is 1. The van der Waals surface area contributed by atoms with Crippen molar-refractivity contribution in [1.29, 1.82) is 0 Å². The molecule has 6 heterocycles. The molecule has 3 aromatic carbocycles. The molecule has 14 nitrogen and oxygen atoms in total. The number of aromatic nitrogens is 4. The first kappa shape index (κ1) is 34.3. The molecule has 2 bridgehead atoms. The van der Waals surface area contributed by atoms with Gasteiger partial charge < -0.3 is 15.4 Å². The van der Waals surface area contributed by atoms with Crippen LogP contribution in [0, 0.1) is 5.92 Å². The molecule has 4 fully saturated rings. The molecule has 3 N–H and O–H groups in total. The van der Waals surface area contributed by atoms with Crippen molar-refractivity contribution in [2.45, 2.75) is 69.1 Å². The van der Waals surface area contributed by atoms with Crippen molar-refractivity contribution in [3.05, 3.63) is 90.3 Å². The fraction of sp³-hybridized carbons (Fsp3) is 0.357. The van der Waals surface area contributed by atoms with Gasteiger partial charge in [0.25, 0.3) is 11.8 Å². The van der Waals surface area contributed by atoms with Gasteiger partial charge in [-0.25, -0.2) is 14.6 Å². The van der Waals surface area contributed by atoms with Gasteiger partial charge in [0.1, 0.15) is 35.4 Å². The summed E-state index contributed by atoms with van der Waals surface area (Å²) < 4.78 is 8.08. The number of likely N-dealkylation sites (tertiary alicyclic amines) is 1. The molecule has 0 spiro atoms. The predicted octanol–water partition coefficient (Wildman–Crippen LogP) is 4.96. The van der Waals surface area contributed by atoms with Gasteiger partial charge in [0.2, 0.25) is 11.8 Å². The summed E-state index contributed by atoms with van der Waals surface area (Å²) in [5.74, 6) is 0.582. The van der Waals surface area contributed by atoms with Gasteiger partial charge in [-0.15, -0.1) is 0 Å². The Labute approximate surface area is 322 Å². The Balaban J connectivity index is 0.777. The Morgan fingerprint density at radius 2 is 1.55 bits per heavy atom. The molecule has 4 aliphatic heterocycles. The molecule has 1 saturated carbocycles. The van der Waals surface area contributed by atoms with E-state index in [-0.39, 0.29) is 24.8 Å². The number of carbonyl (C=O) groups excluding carboxylic acids is 4. The molecule has 5 aromatic rings. The Bertz CT molecular complexity index is 2390. The van der Waals surface area contributed by atoms with Crippen molar-refractivity contribution in [2.24, 2.45) is 5.92 Å². The number of ether oxygens (including phenoxy) is 1. The Morgan fingerprint density at radius 1 is 0.786 bits per heavy atom. The van der Waals surface area contributed by atoms with Gasteiger partial charge in [-0.1, -0.05) is 18.2 Å². The summed E-state index contributed by atoms with van der Waals surface area (Å²) in [7, 11) is 0. The van der Waals surface area contributed by atoms with E-state index in [0.717, 1.165) is 96.1 Å². The Morgan fingerprint density at radius 3 is 2.30 bits per heavy atom. The third kappa shape index (κ3) is 5.86. The van der Waals surface area contributed by atoms with Crippen molar-refractivity contribution in [3.8, 4) is 22.8 Å². The van der Waals surface area contributed by atoms with Gasteiger partial charge in [0.05, 0.1) is 22.6 Å². The van der Waals surface area contributed by atoms with E-state index in [2.05, 4.69) is 29.8 Å². The molecule has 0 radical (unpaired) electrons. The number of hydrogen-bond donors (Lipinski definition) is 2. The molecule has 3 saturated heterocycles. The second-order valence-electron chi connectivity index (χ2n) is 15.7. The predicted molar refractivity (Wildman–Crippen MR) is 207 cm³/mol. The van der Waals surface area contributed by atoms with Crippen LogP contribution in [0.4, 0.5) is 11.5 Å². The van der Waals surface area contributed by atoms with Crippen LogP contribution in [-0.4, -0.2) is 90.9 Å². The number of benzene rings is 3. The number of carbonyl (C=O) groups is 4. The summed E-state index contributed by atoms with van der Waals surface area (Å²) in [6.07, 6.45) is 7.00. The summed E-state index contributed by atoms with van der Waals surface area (Å²) in [5, 5.41) is 8.16. The number of nitrogens with zero attached hydrogens (tertiary/aromatic N) is 7. The van der Waals surface area contributed by atoms with E-state index in [9.17, 15) is 19.2 Å². The molecule has 1 unspecified atom stereocenters. The van der Waals surface area contributed by atoms with Crippen molar-refractivity contribution >= 4 is 46.2 Å². The highest BCUT2D eigenvalue weighted by Gasteiger charge is 2.47. The number of piperazine rings is 1. The number of amides is 4. The summed E-state index contributed by atoms with van der Waals surface area (Å²) >= 11 is 0. The zero-order valence-corrected chi connectivity index (χ0v) is 30.7. The molecule has 10 rings (SSSR count). The van der Waals surface area contributed by atoms with Crippen LogP contribution < -0.4 is 20.7 Å². The lowest BCUT2D eigenvalue weighted by Crippen LogP contribution is -2.54. The number of hydrogen-bond acceptors (Lipinski definition) is 11. The van der Waals surface area contributed by atoms with Crippen molar-refractivity contribution in [2.75, 3.05) is 30.3 Å². The van der Waals surface area contributed by atoms with Crippen LogP contribution in [0.5, 0.6) is 11.5 Å². The van der Waals surface area contributed by atoms with E-state index in [0.29, 0.717) is 34.9 Å². The van der Waals surface area contributed by atoms with Gasteiger partial charge in [0, 0.05) is 49.4 Å². The first-order valence-corrected chi connectivity index (χ1v) is 19.5. The van der Waals surface area contributed by atoms with E-state index >= 15 is 0 Å².